The van der Waals surface area contributed by atoms with Gasteiger partial charge in [0.25, 0.3) is 0 Å². The predicted octanol–water partition coefficient (Wildman–Crippen LogP) is 1.59. The van der Waals surface area contributed by atoms with Crippen molar-refractivity contribution in [1.82, 2.24) is 25.5 Å². The van der Waals surface area contributed by atoms with Crippen molar-refractivity contribution in [3.05, 3.63) is 35.7 Å². The van der Waals surface area contributed by atoms with Gasteiger partial charge in [-0.3, -0.25) is 0 Å². The quantitative estimate of drug-likeness (QED) is 0.831. The van der Waals surface area contributed by atoms with E-state index in [9.17, 15) is 0 Å². The summed E-state index contributed by atoms with van der Waals surface area (Å²) in [5, 5.41) is 15.3. The molecule has 0 radical (unpaired) electrons. The monoisotopic (exact) mass is 275 g/mol. The van der Waals surface area contributed by atoms with Crippen LogP contribution < -0.4 is 10.1 Å². The summed E-state index contributed by atoms with van der Waals surface area (Å²) < 4.78 is 7.21. The van der Waals surface area contributed by atoms with Crippen molar-refractivity contribution in [2.24, 2.45) is 0 Å². The van der Waals surface area contributed by atoms with Gasteiger partial charge in [-0.15, -0.1) is 5.10 Å². The molecular weight excluding hydrogens is 254 g/mol. The highest BCUT2D eigenvalue weighted by Crippen LogP contribution is 2.18. The molecule has 6 heteroatoms. The summed E-state index contributed by atoms with van der Waals surface area (Å²) in [5.41, 5.74) is 1.16. The molecule has 0 aliphatic carbocycles. The van der Waals surface area contributed by atoms with Gasteiger partial charge >= 0.3 is 0 Å². The van der Waals surface area contributed by atoms with E-state index in [0.29, 0.717) is 0 Å². The lowest BCUT2D eigenvalue weighted by Crippen LogP contribution is -2.22. The molecule has 1 aromatic carbocycles. The smallest absolute Gasteiger partial charge is 0.167 e. The van der Waals surface area contributed by atoms with E-state index in [2.05, 4.69) is 40.8 Å². The van der Waals surface area contributed by atoms with Gasteiger partial charge in [-0.05, 0) is 41.9 Å². The molecule has 2 rings (SSSR count). The third kappa shape index (κ3) is 3.33. The van der Waals surface area contributed by atoms with E-state index in [1.165, 1.54) is 0 Å². The van der Waals surface area contributed by atoms with Crippen LogP contribution in [-0.2, 0) is 13.0 Å². The van der Waals surface area contributed by atoms with Crippen LogP contribution >= 0.6 is 0 Å². The molecule has 0 saturated carbocycles. The van der Waals surface area contributed by atoms with Gasteiger partial charge in [0.15, 0.2) is 5.82 Å². The summed E-state index contributed by atoms with van der Waals surface area (Å²) in [6, 6.07) is 8.17. The minimum absolute atomic E-state index is 0.146. The van der Waals surface area contributed by atoms with Gasteiger partial charge in [-0.2, -0.15) is 0 Å². The van der Waals surface area contributed by atoms with Crippen molar-refractivity contribution < 1.29 is 4.74 Å². The first-order valence-electron chi connectivity index (χ1n) is 6.87. The minimum atomic E-state index is 0.146. The maximum atomic E-state index is 5.36. The zero-order chi connectivity index (χ0) is 14.4. The number of para-hydroxylation sites is 1. The van der Waals surface area contributed by atoms with E-state index in [4.69, 9.17) is 4.74 Å². The Hall–Kier alpha value is -1.95. The first kappa shape index (κ1) is 14.5. The number of rotatable bonds is 7. The molecule has 0 spiro atoms. The summed E-state index contributed by atoms with van der Waals surface area (Å²) in [6.45, 7) is 5.76. The molecule has 1 heterocycles. The topological polar surface area (TPSA) is 64.9 Å². The number of nitrogens with one attached hydrogen (secondary N) is 1. The Morgan fingerprint density at radius 3 is 2.90 bits per heavy atom. The minimum Gasteiger partial charge on any atom is -0.496 e. The van der Waals surface area contributed by atoms with Crippen molar-refractivity contribution in [1.29, 1.82) is 0 Å². The second-order valence-corrected chi connectivity index (χ2v) is 4.60. The number of methoxy groups -OCH3 is 1. The van der Waals surface area contributed by atoms with Crippen molar-refractivity contribution in [3.63, 3.8) is 0 Å². The number of ether oxygens (including phenoxy) is 1. The van der Waals surface area contributed by atoms with Crippen LogP contribution in [0.4, 0.5) is 0 Å². The van der Waals surface area contributed by atoms with Gasteiger partial charge in [0.05, 0.1) is 13.2 Å². The molecule has 0 bridgehead atoms. The molecule has 108 valence electrons. The van der Waals surface area contributed by atoms with Gasteiger partial charge in [0.2, 0.25) is 0 Å². The summed E-state index contributed by atoms with van der Waals surface area (Å²) in [6.07, 6.45) is 0.834. The lowest BCUT2D eigenvalue weighted by atomic mass is 10.1. The average molecular weight is 275 g/mol. The van der Waals surface area contributed by atoms with Crippen LogP contribution in [0.15, 0.2) is 24.3 Å². The van der Waals surface area contributed by atoms with E-state index < -0.39 is 0 Å². The first-order chi connectivity index (χ1) is 9.76. The second-order valence-electron chi connectivity index (χ2n) is 4.60. The third-order valence-corrected chi connectivity index (χ3v) is 3.24. The maximum absolute atomic E-state index is 5.36. The molecule has 1 N–H and O–H groups in total. The van der Waals surface area contributed by atoms with Crippen LogP contribution in [0.25, 0.3) is 0 Å². The van der Waals surface area contributed by atoms with Crippen molar-refractivity contribution in [3.8, 4) is 5.75 Å². The number of benzene rings is 1. The van der Waals surface area contributed by atoms with Crippen LogP contribution in [0.5, 0.6) is 5.75 Å². The fraction of sp³-hybridized carbons (Fsp3) is 0.500. The molecule has 1 aromatic heterocycles. The number of tetrazole rings is 1. The van der Waals surface area contributed by atoms with Gasteiger partial charge in [0.1, 0.15) is 5.75 Å². The Morgan fingerprint density at radius 2 is 2.15 bits per heavy atom. The Morgan fingerprint density at radius 1 is 1.35 bits per heavy atom. The van der Waals surface area contributed by atoms with E-state index in [1.54, 1.807) is 7.11 Å². The van der Waals surface area contributed by atoms with E-state index in [1.807, 2.05) is 22.9 Å². The lowest BCUT2D eigenvalue weighted by Gasteiger charge is -2.12. The van der Waals surface area contributed by atoms with Crippen LogP contribution in [0.1, 0.15) is 31.3 Å². The van der Waals surface area contributed by atoms with Gasteiger partial charge < -0.3 is 10.1 Å². The number of aryl methyl sites for hydroxylation is 2. The van der Waals surface area contributed by atoms with Gasteiger partial charge in [-0.25, -0.2) is 4.68 Å². The lowest BCUT2D eigenvalue weighted by molar-refractivity contribution is 0.406. The Kier molecular flexibility index (Phi) is 5.06. The zero-order valence-corrected chi connectivity index (χ0v) is 12.2. The predicted molar refractivity (Wildman–Crippen MR) is 76.6 cm³/mol. The van der Waals surface area contributed by atoms with E-state index in [0.717, 1.165) is 36.6 Å². The van der Waals surface area contributed by atoms with E-state index >= 15 is 0 Å². The summed E-state index contributed by atoms with van der Waals surface area (Å²) in [5.74, 6) is 1.77. The number of hydrogen-bond acceptors (Lipinski definition) is 5. The maximum Gasteiger partial charge on any atom is 0.167 e. The molecule has 0 aliphatic rings. The van der Waals surface area contributed by atoms with Crippen molar-refractivity contribution in [2.45, 2.75) is 32.9 Å². The van der Waals surface area contributed by atoms with Crippen LogP contribution in [0.3, 0.4) is 0 Å². The van der Waals surface area contributed by atoms with Crippen LogP contribution in [0, 0.1) is 0 Å². The molecule has 1 unspecified atom stereocenters. The number of aromatic nitrogens is 4. The Balaban J connectivity index is 2.06. The molecule has 2 aromatic rings. The fourth-order valence-electron chi connectivity index (χ4n) is 2.21. The Labute approximate surface area is 119 Å². The van der Waals surface area contributed by atoms with Crippen LogP contribution in [-0.4, -0.2) is 33.9 Å². The van der Waals surface area contributed by atoms with E-state index in [-0.39, 0.29) is 6.04 Å². The summed E-state index contributed by atoms with van der Waals surface area (Å²) in [7, 11) is 1.69. The standard InChI is InChI=1S/C14H21N5O/c1-4-15-11(2)14-16-17-18-19(14)10-9-12-7-5-6-8-13(12)20-3/h5-8,11,15H,4,9-10H2,1-3H3. The molecule has 20 heavy (non-hydrogen) atoms. The fourth-order valence-corrected chi connectivity index (χ4v) is 2.21. The summed E-state index contributed by atoms with van der Waals surface area (Å²) >= 11 is 0. The SMILES string of the molecule is CCNC(C)c1nnnn1CCc1ccccc1OC. The van der Waals surface area contributed by atoms with Crippen molar-refractivity contribution >= 4 is 0 Å². The molecule has 0 amide bonds. The second kappa shape index (κ2) is 7.00. The van der Waals surface area contributed by atoms with Crippen LogP contribution in [0.2, 0.25) is 0 Å². The Bertz CT molecular complexity index is 540. The highest BCUT2D eigenvalue weighted by molar-refractivity contribution is 5.33. The molecule has 0 aliphatic heterocycles. The largest absolute Gasteiger partial charge is 0.496 e. The molecule has 0 saturated heterocycles. The number of hydrogen-bond donors (Lipinski definition) is 1. The van der Waals surface area contributed by atoms with Crippen molar-refractivity contribution in [2.75, 3.05) is 13.7 Å². The molecular formula is C14H21N5O. The van der Waals surface area contributed by atoms with Gasteiger partial charge in [-0.1, -0.05) is 25.1 Å². The molecule has 1 atom stereocenters. The first-order valence-corrected chi connectivity index (χ1v) is 6.87. The highest BCUT2D eigenvalue weighted by atomic mass is 16.5. The zero-order valence-electron chi connectivity index (χ0n) is 12.2. The highest BCUT2D eigenvalue weighted by Gasteiger charge is 2.13. The average Bonchev–Trinajstić information content (AvgIpc) is 2.94. The number of nitrogens with zero attached hydrogens (tertiary/aromatic N) is 4. The molecule has 6 nitrogen and oxygen atoms in total. The molecule has 0 fully saturated rings. The van der Waals surface area contributed by atoms with Gasteiger partial charge in [0, 0.05) is 6.54 Å². The normalized spacial score (nSPS) is 12.3. The summed E-state index contributed by atoms with van der Waals surface area (Å²) in [4.78, 5) is 0. The third-order valence-electron chi connectivity index (χ3n) is 3.24.